The van der Waals surface area contributed by atoms with Crippen LogP contribution in [0.25, 0.3) is 10.2 Å². The largest absolute Gasteiger partial charge is 0.389 e. The summed E-state index contributed by atoms with van der Waals surface area (Å²) in [6, 6.07) is 14.4. The van der Waals surface area contributed by atoms with Crippen LogP contribution in [0.2, 0.25) is 0 Å². The molecule has 2 aromatic carbocycles. The van der Waals surface area contributed by atoms with Crippen molar-refractivity contribution >= 4 is 54.1 Å². The van der Waals surface area contributed by atoms with Crippen LogP contribution in [0.1, 0.15) is 27.2 Å². The standard InChI is InChI=1S/C25H26N4O5S2/c1-4-23(30)29(18-6-5-13-26-15-18)24-28-21-12-9-19(14-22(21)35-24)34-36(32,33)20-10-7-17(8-11-20)27-16-25(2,3)31/h5-15,27,31H,4,16H2,1-3H3. The average molecular weight is 527 g/mol. The molecule has 0 unspecified atom stereocenters. The number of carbonyl (C=O) groups excluding carboxylic acids is 1. The number of hydrogen-bond donors (Lipinski definition) is 2. The fourth-order valence-corrected chi connectivity index (χ4v) is 5.23. The second kappa shape index (κ2) is 10.2. The number of rotatable bonds is 9. The number of thiazole rings is 1. The molecular formula is C25H26N4O5S2. The van der Waals surface area contributed by atoms with Crippen LogP contribution in [0.4, 0.5) is 16.5 Å². The van der Waals surface area contributed by atoms with E-state index in [2.05, 4.69) is 15.3 Å². The molecule has 4 rings (SSSR count). The van der Waals surface area contributed by atoms with E-state index >= 15 is 0 Å². The summed E-state index contributed by atoms with van der Waals surface area (Å²) in [4.78, 5) is 22.8. The molecule has 0 bridgehead atoms. The van der Waals surface area contributed by atoms with Crippen molar-refractivity contribution in [2.45, 2.75) is 37.7 Å². The zero-order chi connectivity index (χ0) is 25.9. The first-order chi connectivity index (χ1) is 17.1. The lowest BCUT2D eigenvalue weighted by molar-refractivity contribution is -0.117. The predicted molar refractivity (Wildman–Crippen MR) is 140 cm³/mol. The Balaban J connectivity index is 1.56. The highest BCUT2D eigenvalue weighted by Crippen LogP contribution is 2.35. The number of nitrogens with zero attached hydrogens (tertiary/aromatic N) is 3. The molecule has 0 aliphatic carbocycles. The maximum Gasteiger partial charge on any atom is 0.339 e. The number of pyridine rings is 1. The summed E-state index contributed by atoms with van der Waals surface area (Å²) in [5.74, 6) is -0.00160. The van der Waals surface area contributed by atoms with E-state index in [1.165, 1.54) is 34.4 Å². The highest BCUT2D eigenvalue weighted by Gasteiger charge is 2.22. The van der Waals surface area contributed by atoms with Gasteiger partial charge in [-0.05, 0) is 62.4 Å². The van der Waals surface area contributed by atoms with Gasteiger partial charge in [-0.2, -0.15) is 8.42 Å². The Morgan fingerprint density at radius 2 is 1.92 bits per heavy atom. The SMILES string of the molecule is CCC(=O)N(c1cccnc1)c1nc2ccc(OS(=O)(=O)c3ccc(NCC(C)(C)O)cc3)cc2s1. The first-order valence-corrected chi connectivity index (χ1v) is 13.4. The summed E-state index contributed by atoms with van der Waals surface area (Å²) in [5.41, 5.74) is 0.985. The summed E-state index contributed by atoms with van der Waals surface area (Å²) in [6.07, 6.45) is 3.50. The third kappa shape index (κ3) is 5.99. The molecule has 0 saturated carbocycles. The van der Waals surface area contributed by atoms with E-state index in [9.17, 15) is 18.3 Å². The summed E-state index contributed by atoms with van der Waals surface area (Å²) in [6.45, 7) is 5.43. The van der Waals surface area contributed by atoms with Gasteiger partial charge >= 0.3 is 10.1 Å². The highest BCUT2D eigenvalue weighted by atomic mass is 32.2. The van der Waals surface area contributed by atoms with Crippen molar-refractivity contribution in [2.24, 2.45) is 0 Å². The molecule has 188 valence electrons. The number of aliphatic hydroxyl groups is 1. The summed E-state index contributed by atoms with van der Waals surface area (Å²) in [7, 11) is -4.08. The van der Waals surface area contributed by atoms with E-state index in [1.807, 2.05) is 0 Å². The quantitative estimate of drug-likeness (QED) is 0.301. The molecule has 0 atom stereocenters. The number of amides is 1. The highest BCUT2D eigenvalue weighted by molar-refractivity contribution is 7.87. The van der Waals surface area contributed by atoms with E-state index < -0.39 is 15.7 Å². The Morgan fingerprint density at radius 3 is 2.56 bits per heavy atom. The van der Waals surface area contributed by atoms with E-state index in [0.29, 0.717) is 33.3 Å². The molecule has 11 heteroatoms. The van der Waals surface area contributed by atoms with Gasteiger partial charge in [0, 0.05) is 30.9 Å². The molecule has 1 amide bonds. The summed E-state index contributed by atoms with van der Waals surface area (Å²) in [5, 5.41) is 13.3. The van der Waals surface area contributed by atoms with Gasteiger partial charge in [-0.15, -0.1) is 0 Å². The van der Waals surface area contributed by atoms with Gasteiger partial charge in [0.25, 0.3) is 0 Å². The minimum atomic E-state index is -4.08. The van der Waals surface area contributed by atoms with E-state index in [-0.39, 0.29) is 23.0 Å². The molecule has 0 aliphatic heterocycles. The Morgan fingerprint density at radius 1 is 1.17 bits per heavy atom. The Kier molecular flexibility index (Phi) is 7.25. The third-order valence-electron chi connectivity index (χ3n) is 5.07. The number of carbonyl (C=O) groups is 1. The van der Waals surface area contributed by atoms with Crippen LogP contribution in [0.3, 0.4) is 0 Å². The average Bonchev–Trinajstić information content (AvgIpc) is 3.25. The molecule has 2 aromatic heterocycles. The van der Waals surface area contributed by atoms with Crippen molar-refractivity contribution in [3.05, 3.63) is 67.0 Å². The van der Waals surface area contributed by atoms with Crippen LogP contribution in [-0.4, -0.2) is 41.5 Å². The Bertz CT molecular complexity index is 1460. The lowest BCUT2D eigenvalue weighted by Gasteiger charge is -2.18. The number of fused-ring (bicyclic) bond motifs is 1. The summed E-state index contributed by atoms with van der Waals surface area (Å²) < 4.78 is 31.7. The maximum absolute atomic E-state index is 12.8. The number of nitrogens with one attached hydrogen (secondary N) is 1. The zero-order valence-corrected chi connectivity index (χ0v) is 21.6. The van der Waals surface area contributed by atoms with Crippen LogP contribution < -0.4 is 14.4 Å². The van der Waals surface area contributed by atoms with Gasteiger partial charge in [-0.25, -0.2) is 4.98 Å². The molecule has 36 heavy (non-hydrogen) atoms. The minimum Gasteiger partial charge on any atom is -0.389 e. The minimum absolute atomic E-state index is 0.00213. The van der Waals surface area contributed by atoms with E-state index in [0.717, 1.165) is 0 Å². The lowest BCUT2D eigenvalue weighted by atomic mass is 10.1. The van der Waals surface area contributed by atoms with Crippen molar-refractivity contribution in [1.29, 1.82) is 0 Å². The lowest BCUT2D eigenvalue weighted by Crippen LogP contribution is -2.29. The Labute approximate surface area is 213 Å². The van der Waals surface area contributed by atoms with Crippen molar-refractivity contribution < 1.29 is 22.5 Å². The van der Waals surface area contributed by atoms with Crippen LogP contribution in [0.5, 0.6) is 5.75 Å². The number of aromatic nitrogens is 2. The molecule has 2 N–H and O–H groups in total. The van der Waals surface area contributed by atoms with Gasteiger partial charge in [0.15, 0.2) is 5.13 Å². The molecule has 4 aromatic rings. The predicted octanol–water partition coefficient (Wildman–Crippen LogP) is 4.72. The molecule has 0 radical (unpaired) electrons. The second-order valence-corrected chi connectivity index (χ2v) is 11.2. The van der Waals surface area contributed by atoms with Crippen molar-refractivity contribution in [2.75, 3.05) is 16.8 Å². The fourth-order valence-electron chi connectivity index (χ4n) is 3.28. The monoisotopic (exact) mass is 526 g/mol. The molecule has 0 fully saturated rings. The van der Waals surface area contributed by atoms with Crippen molar-refractivity contribution in [3.63, 3.8) is 0 Å². The van der Waals surface area contributed by atoms with Gasteiger partial charge in [0.2, 0.25) is 5.91 Å². The number of hydrogen-bond acceptors (Lipinski definition) is 9. The van der Waals surface area contributed by atoms with Crippen LogP contribution in [-0.2, 0) is 14.9 Å². The first kappa shape index (κ1) is 25.5. The van der Waals surface area contributed by atoms with Gasteiger partial charge in [0.05, 0.1) is 27.7 Å². The van der Waals surface area contributed by atoms with Gasteiger partial charge in [-0.3, -0.25) is 14.7 Å². The first-order valence-electron chi connectivity index (χ1n) is 11.2. The third-order valence-corrected chi connectivity index (χ3v) is 7.33. The molecule has 0 spiro atoms. The number of anilines is 3. The van der Waals surface area contributed by atoms with E-state index in [4.69, 9.17) is 4.18 Å². The van der Waals surface area contributed by atoms with Crippen LogP contribution in [0, 0.1) is 0 Å². The Hall–Kier alpha value is -3.54. The maximum atomic E-state index is 12.8. The van der Waals surface area contributed by atoms with Gasteiger partial charge in [0.1, 0.15) is 10.6 Å². The zero-order valence-electron chi connectivity index (χ0n) is 20.0. The summed E-state index contributed by atoms with van der Waals surface area (Å²) >= 11 is 1.25. The molecular weight excluding hydrogens is 500 g/mol. The molecule has 0 saturated heterocycles. The second-order valence-electron chi connectivity index (χ2n) is 8.65. The smallest absolute Gasteiger partial charge is 0.339 e. The van der Waals surface area contributed by atoms with E-state index in [1.54, 1.807) is 69.6 Å². The van der Waals surface area contributed by atoms with Crippen LogP contribution >= 0.6 is 11.3 Å². The van der Waals surface area contributed by atoms with Gasteiger partial charge in [-0.1, -0.05) is 18.3 Å². The van der Waals surface area contributed by atoms with Crippen molar-refractivity contribution in [1.82, 2.24) is 9.97 Å². The molecule has 9 nitrogen and oxygen atoms in total. The van der Waals surface area contributed by atoms with Gasteiger partial charge < -0.3 is 14.6 Å². The molecule has 0 aliphatic rings. The van der Waals surface area contributed by atoms with Crippen molar-refractivity contribution in [3.8, 4) is 5.75 Å². The fraction of sp³-hybridized carbons (Fsp3) is 0.240. The number of benzene rings is 2. The molecule has 2 heterocycles. The normalized spacial score (nSPS) is 11.9. The van der Waals surface area contributed by atoms with Crippen LogP contribution in [0.15, 0.2) is 71.9 Å². The topological polar surface area (TPSA) is 122 Å².